The second-order valence-corrected chi connectivity index (χ2v) is 8.32. The lowest BCUT2D eigenvalue weighted by atomic mass is 10.2. The van der Waals surface area contributed by atoms with Gasteiger partial charge in [-0.25, -0.2) is 8.42 Å². The van der Waals surface area contributed by atoms with Gasteiger partial charge in [0.2, 0.25) is 0 Å². The number of carbonyl (C=O) groups excluding carboxylic acids is 1. The summed E-state index contributed by atoms with van der Waals surface area (Å²) >= 11 is 9.10. The molecule has 0 heterocycles. The fourth-order valence-electron chi connectivity index (χ4n) is 1.68. The van der Waals surface area contributed by atoms with E-state index in [0.29, 0.717) is 10.4 Å². The molecule has 1 aromatic carbocycles. The zero-order valence-electron chi connectivity index (χ0n) is 9.78. The molecule has 1 aliphatic carbocycles. The highest BCUT2D eigenvalue weighted by atomic mass is 79.9. The molecule has 1 amide bonds. The molecular weight excluding hydrogens is 377 g/mol. The van der Waals surface area contributed by atoms with Gasteiger partial charge in [-0.15, -0.1) is 0 Å². The number of halogens is 3. The first-order chi connectivity index (χ1) is 8.70. The van der Waals surface area contributed by atoms with Crippen molar-refractivity contribution < 1.29 is 13.2 Å². The summed E-state index contributed by atoms with van der Waals surface area (Å²) in [7, 11) is 1.28. The molecular formula is C11H10BrCl2NO3S. The van der Waals surface area contributed by atoms with Crippen molar-refractivity contribution in [1.29, 1.82) is 0 Å². The smallest absolute Gasteiger partial charge is 0.262 e. The van der Waals surface area contributed by atoms with Crippen molar-refractivity contribution in [3.05, 3.63) is 27.2 Å². The SMILES string of the molecule is CC1CC1NC(=O)c1cc(Br)cc(S(=O)(=O)Cl)c1Cl. The second kappa shape index (κ2) is 5.24. The molecule has 8 heteroatoms. The lowest BCUT2D eigenvalue weighted by Crippen LogP contribution is -2.27. The maximum absolute atomic E-state index is 12.0. The average Bonchev–Trinajstić information content (AvgIpc) is 2.95. The number of hydrogen-bond acceptors (Lipinski definition) is 3. The van der Waals surface area contributed by atoms with E-state index in [1.54, 1.807) is 0 Å². The highest BCUT2D eigenvalue weighted by Crippen LogP contribution is 2.33. The molecule has 2 atom stereocenters. The van der Waals surface area contributed by atoms with E-state index in [-0.39, 0.29) is 21.5 Å². The Kier molecular flexibility index (Phi) is 4.16. The highest BCUT2D eigenvalue weighted by Gasteiger charge is 2.34. The fourth-order valence-corrected chi connectivity index (χ4v) is 3.86. The summed E-state index contributed by atoms with van der Waals surface area (Å²) in [5.74, 6) is 0.0355. The first-order valence-corrected chi connectivity index (χ1v) is 8.92. The van der Waals surface area contributed by atoms with Crippen molar-refractivity contribution in [3.8, 4) is 0 Å². The Morgan fingerprint density at radius 2 is 2.05 bits per heavy atom. The molecule has 0 aromatic heterocycles. The lowest BCUT2D eigenvalue weighted by molar-refractivity contribution is 0.0949. The van der Waals surface area contributed by atoms with Crippen LogP contribution in [-0.4, -0.2) is 20.4 Å². The molecule has 19 heavy (non-hydrogen) atoms. The molecule has 1 aromatic rings. The first kappa shape index (κ1) is 15.1. The molecule has 1 aliphatic rings. The number of carbonyl (C=O) groups is 1. The van der Waals surface area contributed by atoms with E-state index in [2.05, 4.69) is 21.2 Å². The Hall–Kier alpha value is -0.300. The van der Waals surface area contributed by atoms with Gasteiger partial charge < -0.3 is 5.32 Å². The topological polar surface area (TPSA) is 63.2 Å². The molecule has 4 nitrogen and oxygen atoms in total. The van der Waals surface area contributed by atoms with Crippen LogP contribution in [0.1, 0.15) is 23.7 Å². The van der Waals surface area contributed by atoms with Crippen LogP contribution in [0.2, 0.25) is 5.02 Å². The molecule has 2 rings (SSSR count). The third-order valence-electron chi connectivity index (χ3n) is 2.94. The van der Waals surface area contributed by atoms with Gasteiger partial charge in [0, 0.05) is 21.2 Å². The van der Waals surface area contributed by atoms with E-state index in [9.17, 15) is 13.2 Å². The molecule has 0 spiro atoms. The number of benzene rings is 1. The van der Waals surface area contributed by atoms with E-state index in [1.165, 1.54) is 12.1 Å². The summed E-state index contributed by atoms with van der Waals surface area (Å²) in [6.07, 6.45) is 0.915. The van der Waals surface area contributed by atoms with Crippen LogP contribution in [0.3, 0.4) is 0 Å². The number of rotatable bonds is 3. The average molecular weight is 387 g/mol. The van der Waals surface area contributed by atoms with Gasteiger partial charge in [0.15, 0.2) is 0 Å². The number of hydrogen-bond donors (Lipinski definition) is 1. The minimum absolute atomic E-state index is 0.0920. The second-order valence-electron chi connectivity index (χ2n) is 4.50. The third kappa shape index (κ3) is 3.42. The molecule has 0 saturated heterocycles. The molecule has 0 radical (unpaired) electrons. The van der Waals surface area contributed by atoms with Crippen LogP contribution in [0.4, 0.5) is 0 Å². The minimum atomic E-state index is -4.01. The van der Waals surface area contributed by atoms with Gasteiger partial charge in [0.05, 0.1) is 10.6 Å². The van der Waals surface area contributed by atoms with Crippen LogP contribution in [0, 0.1) is 5.92 Å². The summed E-state index contributed by atoms with van der Waals surface area (Å²) < 4.78 is 23.2. The highest BCUT2D eigenvalue weighted by molar-refractivity contribution is 9.10. The van der Waals surface area contributed by atoms with Crippen LogP contribution in [0.15, 0.2) is 21.5 Å². The Labute approximate surface area is 129 Å². The quantitative estimate of drug-likeness (QED) is 0.811. The Balaban J connectivity index is 2.40. The van der Waals surface area contributed by atoms with Gasteiger partial charge in [-0.3, -0.25) is 4.79 Å². The molecule has 104 valence electrons. The summed E-state index contributed by atoms with van der Waals surface area (Å²) in [5.41, 5.74) is 0.0920. The zero-order valence-corrected chi connectivity index (χ0v) is 13.7. The summed E-state index contributed by atoms with van der Waals surface area (Å²) in [4.78, 5) is 11.8. The Bertz CT molecular complexity index is 648. The van der Waals surface area contributed by atoms with E-state index >= 15 is 0 Å². The molecule has 1 N–H and O–H groups in total. The van der Waals surface area contributed by atoms with E-state index in [0.717, 1.165) is 6.42 Å². The fraction of sp³-hybridized carbons (Fsp3) is 0.364. The Morgan fingerprint density at radius 1 is 1.47 bits per heavy atom. The van der Waals surface area contributed by atoms with Crippen molar-refractivity contribution in [2.45, 2.75) is 24.3 Å². The molecule has 1 saturated carbocycles. The van der Waals surface area contributed by atoms with Gasteiger partial charge in [0.25, 0.3) is 15.0 Å². The maximum atomic E-state index is 12.0. The standard InChI is InChI=1S/C11H10BrCl2NO3S/c1-5-2-8(5)15-11(16)7-3-6(12)4-9(10(7)13)19(14,17)18/h3-5,8H,2H2,1H3,(H,15,16). The summed E-state index contributed by atoms with van der Waals surface area (Å²) in [6, 6.07) is 2.86. The lowest BCUT2D eigenvalue weighted by Gasteiger charge is -2.09. The largest absolute Gasteiger partial charge is 0.349 e. The maximum Gasteiger partial charge on any atom is 0.262 e. The van der Waals surface area contributed by atoms with Crippen molar-refractivity contribution in [2.75, 3.05) is 0 Å². The van der Waals surface area contributed by atoms with Crippen LogP contribution in [-0.2, 0) is 9.05 Å². The molecule has 1 fully saturated rings. The van der Waals surface area contributed by atoms with E-state index in [4.69, 9.17) is 22.3 Å². The minimum Gasteiger partial charge on any atom is -0.349 e. The molecule has 2 unspecified atom stereocenters. The monoisotopic (exact) mass is 385 g/mol. The summed E-state index contributed by atoms with van der Waals surface area (Å²) in [5, 5.41) is 2.62. The van der Waals surface area contributed by atoms with Crippen LogP contribution in [0.5, 0.6) is 0 Å². The van der Waals surface area contributed by atoms with Crippen LogP contribution < -0.4 is 5.32 Å². The van der Waals surface area contributed by atoms with Gasteiger partial charge in [-0.2, -0.15) is 0 Å². The van der Waals surface area contributed by atoms with Gasteiger partial charge in [0.1, 0.15) is 4.90 Å². The van der Waals surface area contributed by atoms with Crippen molar-refractivity contribution in [1.82, 2.24) is 5.32 Å². The first-order valence-electron chi connectivity index (χ1n) is 5.44. The van der Waals surface area contributed by atoms with Gasteiger partial charge >= 0.3 is 0 Å². The van der Waals surface area contributed by atoms with Crippen molar-refractivity contribution >= 4 is 53.2 Å². The normalized spacial score (nSPS) is 22.1. The Morgan fingerprint density at radius 3 is 2.53 bits per heavy atom. The molecule has 0 aliphatic heterocycles. The van der Waals surface area contributed by atoms with Crippen molar-refractivity contribution in [3.63, 3.8) is 0 Å². The zero-order chi connectivity index (χ0) is 14.4. The number of amides is 1. The van der Waals surface area contributed by atoms with Crippen molar-refractivity contribution in [2.24, 2.45) is 5.92 Å². The van der Waals surface area contributed by atoms with Crippen LogP contribution >= 0.6 is 38.2 Å². The van der Waals surface area contributed by atoms with Gasteiger partial charge in [-0.05, 0) is 24.5 Å². The van der Waals surface area contributed by atoms with Crippen LogP contribution in [0.25, 0.3) is 0 Å². The molecule has 0 bridgehead atoms. The number of nitrogens with one attached hydrogen (secondary N) is 1. The predicted octanol–water partition coefficient (Wildman–Crippen LogP) is 3.17. The van der Waals surface area contributed by atoms with E-state index < -0.39 is 15.0 Å². The van der Waals surface area contributed by atoms with E-state index in [1.807, 2.05) is 6.92 Å². The third-order valence-corrected chi connectivity index (χ3v) is 5.26. The van der Waals surface area contributed by atoms with Gasteiger partial charge in [-0.1, -0.05) is 34.5 Å². The summed E-state index contributed by atoms with van der Waals surface area (Å²) in [6.45, 7) is 2.02. The predicted molar refractivity (Wildman–Crippen MR) is 77.2 cm³/mol.